The molecule has 2 aliphatic carbocycles. The van der Waals surface area contributed by atoms with E-state index in [1.165, 1.54) is 64.2 Å². The minimum absolute atomic E-state index is 0.702. The van der Waals surface area contributed by atoms with Crippen molar-refractivity contribution in [2.75, 3.05) is 0 Å². The summed E-state index contributed by atoms with van der Waals surface area (Å²) in [4.78, 5) is 0. The molecule has 0 aromatic carbocycles. The van der Waals surface area contributed by atoms with Gasteiger partial charge in [-0.2, -0.15) is 0 Å². The summed E-state index contributed by atoms with van der Waals surface area (Å²) >= 11 is 0. The summed E-state index contributed by atoms with van der Waals surface area (Å²) in [6.07, 6.45) is 17.7. The molecule has 2 aliphatic rings. The summed E-state index contributed by atoms with van der Waals surface area (Å²) in [6, 6.07) is 0. The summed E-state index contributed by atoms with van der Waals surface area (Å²) in [5.74, 6) is 2.96. The van der Waals surface area contributed by atoms with Crippen LogP contribution in [0.15, 0.2) is 12.4 Å². The average molecular weight is 238 g/mol. The Balaban J connectivity index is 1.66. The minimum atomic E-state index is 0.702. The van der Waals surface area contributed by atoms with Crippen molar-refractivity contribution in [3.8, 4) is 0 Å². The van der Waals surface area contributed by atoms with Gasteiger partial charge in [0, 0.05) is 0 Å². The van der Waals surface area contributed by atoms with Crippen molar-refractivity contribution in [2.45, 2.75) is 70.6 Å². The lowest BCUT2D eigenvalue weighted by Crippen LogP contribution is -2.23. The van der Waals surface area contributed by atoms with Gasteiger partial charge in [-0.15, -0.1) is 0 Å². The topological polar surface area (TPSA) is 0 Å². The number of hydrogen-bond acceptors (Lipinski definition) is 0. The lowest BCUT2D eigenvalue weighted by Gasteiger charge is -2.35. The van der Waals surface area contributed by atoms with Crippen LogP contribution in [0.3, 0.4) is 0 Å². The summed E-state index contributed by atoms with van der Waals surface area (Å²) in [5.41, 5.74) is 0. The van der Waals surface area contributed by atoms with Gasteiger partial charge in [-0.3, -0.25) is 0 Å². The van der Waals surface area contributed by atoms with Crippen molar-refractivity contribution >= 4 is 0 Å². The first kappa shape index (κ1) is 13.1. The molecule has 0 heterocycles. The molecule has 0 N–H and O–H groups in total. The second kappa shape index (κ2) is 7.18. The van der Waals surface area contributed by atoms with E-state index in [0.717, 1.165) is 24.2 Å². The van der Waals surface area contributed by atoms with E-state index >= 15 is 0 Å². The summed E-state index contributed by atoms with van der Waals surface area (Å²) < 4.78 is 11.9. The van der Waals surface area contributed by atoms with Crippen molar-refractivity contribution in [2.24, 2.45) is 17.8 Å². The normalized spacial score (nSPS) is 32.1. The first-order valence-corrected chi connectivity index (χ1v) is 7.65. The van der Waals surface area contributed by atoms with Gasteiger partial charge in [-0.25, -0.2) is 4.39 Å². The molecule has 0 nitrogen and oxygen atoms in total. The highest BCUT2D eigenvalue weighted by Crippen LogP contribution is 2.40. The highest BCUT2D eigenvalue weighted by atomic mass is 19.1. The van der Waals surface area contributed by atoms with Gasteiger partial charge in [0.2, 0.25) is 0 Å². The lowest BCUT2D eigenvalue weighted by atomic mass is 9.70. The molecule has 0 amide bonds. The van der Waals surface area contributed by atoms with Crippen molar-refractivity contribution < 1.29 is 4.39 Å². The zero-order chi connectivity index (χ0) is 11.9. The van der Waals surface area contributed by atoms with E-state index in [-0.39, 0.29) is 0 Å². The molecule has 0 aromatic rings. The largest absolute Gasteiger partial charge is 0.216 e. The van der Waals surface area contributed by atoms with Crippen LogP contribution < -0.4 is 0 Å². The average Bonchev–Trinajstić information content (AvgIpc) is 2.41. The first-order chi connectivity index (χ1) is 8.40. The second-order valence-electron chi connectivity index (χ2n) is 6.12. The molecular formula is C16H27F. The Bertz CT molecular complexity index is 220. The SMILES string of the molecule is F/C=C/CCC1CCC(C2CCCCC2)CC1. The molecule has 0 unspecified atom stereocenters. The molecule has 17 heavy (non-hydrogen) atoms. The van der Waals surface area contributed by atoms with E-state index in [4.69, 9.17) is 0 Å². The van der Waals surface area contributed by atoms with E-state index < -0.39 is 0 Å². The van der Waals surface area contributed by atoms with Crippen LogP contribution in [0.5, 0.6) is 0 Å². The van der Waals surface area contributed by atoms with Crippen LogP contribution >= 0.6 is 0 Å². The van der Waals surface area contributed by atoms with Crippen molar-refractivity contribution in [1.82, 2.24) is 0 Å². The fourth-order valence-corrected chi connectivity index (χ4v) is 3.95. The molecule has 2 rings (SSSR count). The second-order valence-corrected chi connectivity index (χ2v) is 6.12. The molecule has 0 spiro atoms. The predicted octanol–water partition coefficient (Wildman–Crippen LogP) is 5.64. The van der Waals surface area contributed by atoms with Crippen LogP contribution in [-0.4, -0.2) is 0 Å². The van der Waals surface area contributed by atoms with Gasteiger partial charge in [-0.05, 0) is 43.4 Å². The van der Waals surface area contributed by atoms with Crippen molar-refractivity contribution in [3.05, 3.63) is 12.4 Å². The lowest BCUT2D eigenvalue weighted by molar-refractivity contribution is 0.164. The number of allylic oxidation sites excluding steroid dienone is 1. The van der Waals surface area contributed by atoms with E-state index in [1.54, 1.807) is 6.08 Å². The Labute approximate surface area is 106 Å². The maximum Gasteiger partial charge on any atom is 0.0827 e. The molecule has 2 fully saturated rings. The molecule has 2 saturated carbocycles. The van der Waals surface area contributed by atoms with Crippen molar-refractivity contribution in [1.29, 1.82) is 0 Å². The molecule has 0 bridgehead atoms. The fraction of sp³-hybridized carbons (Fsp3) is 0.875. The first-order valence-electron chi connectivity index (χ1n) is 7.65. The summed E-state index contributed by atoms with van der Waals surface area (Å²) in [5, 5.41) is 0. The van der Waals surface area contributed by atoms with Crippen LogP contribution in [0.1, 0.15) is 70.6 Å². The van der Waals surface area contributed by atoms with E-state index in [9.17, 15) is 4.39 Å². The molecule has 0 radical (unpaired) electrons. The van der Waals surface area contributed by atoms with Crippen LogP contribution in [0.2, 0.25) is 0 Å². The monoisotopic (exact) mass is 238 g/mol. The van der Waals surface area contributed by atoms with Gasteiger partial charge < -0.3 is 0 Å². The fourth-order valence-electron chi connectivity index (χ4n) is 3.95. The Hall–Kier alpha value is -0.330. The molecule has 98 valence electrons. The van der Waals surface area contributed by atoms with Crippen LogP contribution in [0, 0.1) is 17.8 Å². The Morgan fingerprint density at radius 3 is 2.12 bits per heavy atom. The predicted molar refractivity (Wildman–Crippen MR) is 71.5 cm³/mol. The zero-order valence-corrected chi connectivity index (χ0v) is 11.0. The van der Waals surface area contributed by atoms with Gasteiger partial charge in [0.05, 0.1) is 6.33 Å². The third kappa shape index (κ3) is 4.12. The van der Waals surface area contributed by atoms with Crippen LogP contribution in [-0.2, 0) is 0 Å². The minimum Gasteiger partial charge on any atom is -0.216 e. The standard InChI is InChI=1S/C16H27F/c17-13-5-4-6-14-9-11-16(12-10-14)15-7-2-1-3-8-15/h5,13-16H,1-4,6-12H2/b13-5+. The third-order valence-electron chi connectivity index (χ3n) is 5.04. The molecular weight excluding hydrogens is 211 g/mol. The van der Waals surface area contributed by atoms with Gasteiger partial charge in [0.1, 0.15) is 0 Å². The Morgan fingerprint density at radius 2 is 1.47 bits per heavy atom. The van der Waals surface area contributed by atoms with E-state index in [0.29, 0.717) is 6.33 Å². The molecule has 0 atom stereocenters. The Morgan fingerprint density at radius 1 is 0.824 bits per heavy atom. The van der Waals surface area contributed by atoms with E-state index in [1.807, 2.05) is 0 Å². The Kier molecular flexibility index (Phi) is 5.54. The molecule has 0 aromatic heterocycles. The zero-order valence-electron chi connectivity index (χ0n) is 11.0. The van der Waals surface area contributed by atoms with Crippen molar-refractivity contribution in [3.63, 3.8) is 0 Å². The summed E-state index contributed by atoms with van der Waals surface area (Å²) in [7, 11) is 0. The van der Waals surface area contributed by atoms with Gasteiger partial charge in [-0.1, -0.05) is 51.0 Å². The van der Waals surface area contributed by atoms with Crippen LogP contribution in [0.25, 0.3) is 0 Å². The number of hydrogen-bond donors (Lipinski definition) is 0. The maximum absolute atomic E-state index is 11.9. The quantitative estimate of drug-likeness (QED) is 0.595. The number of halogens is 1. The van der Waals surface area contributed by atoms with Gasteiger partial charge in [0.25, 0.3) is 0 Å². The maximum atomic E-state index is 11.9. The highest BCUT2D eigenvalue weighted by molar-refractivity contribution is 4.81. The number of rotatable bonds is 4. The summed E-state index contributed by atoms with van der Waals surface area (Å²) in [6.45, 7) is 0. The molecule has 1 heteroatoms. The van der Waals surface area contributed by atoms with Gasteiger partial charge >= 0.3 is 0 Å². The highest BCUT2D eigenvalue weighted by Gasteiger charge is 2.27. The van der Waals surface area contributed by atoms with Crippen LogP contribution in [0.4, 0.5) is 4.39 Å². The molecule has 0 aliphatic heterocycles. The smallest absolute Gasteiger partial charge is 0.0827 e. The molecule has 0 saturated heterocycles. The van der Waals surface area contributed by atoms with Gasteiger partial charge in [0.15, 0.2) is 0 Å². The third-order valence-corrected chi connectivity index (χ3v) is 5.04. The van der Waals surface area contributed by atoms with E-state index in [2.05, 4.69) is 0 Å².